The van der Waals surface area contributed by atoms with Gasteiger partial charge in [0.15, 0.2) is 0 Å². The van der Waals surface area contributed by atoms with Crippen LogP contribution in [0.5, 0.6) is 0 Å². The van der Waals surface area contributed by atoms with Gasteiger partial charge in [0.25, 0.3) is 0 Å². The smallest absolute Gasteiger partial charge is 0.223 e. The third-order valence-corrected chi connectivity index (χ3v) is 3.15. The fraction of sp³-hybridized carbons (Fsp3) is 0.692. The van der Waals surface area contributed by atoms with Gasteiger partial charge in [-0.1, -0.05) is 0 Å². The number of nitrogens with one attached hydrogen (secondary N) is 2. The van der Waals surface area contributed by atoms with Crippen LogP contribution in [0.1, 0.15) is 27.2 Å². The zero-order chi connectivity index (χ0) is 14.0. The van der Waals surface area contributed by atoms with Gasteiger partial charge in [0.2, 0.25) is 5.95 Å². The number of anilines is 3. The van der Waals surface area contributed by atoms with E-state index in [9.17, 15) is 0 Å². The van der Waals surface area contributed by atoms with Crippen molar-refractivity contribution in [3.05, 3.63) is 6.07 Å². The second-order valence-electron chi connectivity index (χ2n) is 6.06. The van der Waals surface area contributed by atoms with Crippen LogP contribution in [-0.4, -0.2) is 41.7 Å². The van der Waals surface area contributed by atoms with E-state index in [4.69, 9.17) is 5.73 Å². The quantitative estimate of drug-likeness (QED) is 0.758. The molecule has 6 nitrogen and oxygen atoms in total. The van der Waals surface area contributed by atoms with E-state index in [-0.39, 0.29) is 5.54 Å². The minimum absolute atomic E-state index is 0.0451. The first-order chi connectivity index (χ1) is 8.87. The van der Waals surface area contributed by atoms with Gasteiger partial charge in [0.1, 0.15) is 11.6 Å². The second-order valence-corrected chi connectivity index (χ2v) is 6.06. The number of likely N-dealkylation sites (N-methyl/N-ethyl adjacent to an activating group) is 1. The van der Waals surface area contributed by atoms with Crippen LogP contribution >= 0.6 is 0 Å². The summed E-state index contributed by atoms with van der Waals surface area (Å²) >= 11 is 0. The molecule has 2 rings (SSSR count). The van der Waals surface area contributed by atoms with E-state index in [1.54, 1.807) is 0 Å². The van der Waals surface area contributed by atoms with Gasteiger partial charge in [-0.15, -0.1) is 0 Å². The Kier molecular flexibility index (Phi) is 3.80. The third-order valence-electron chi connectivity index (χ3n) is 3.15. The van der Waals surface area contributed by atoms with Gasteiger partial charge in [-0.2, -0.15) is 9.97 Å². The van der Waals surface area contributed by atoms with Crippen LogP contribution in [-0.2, 0) is 0 Å². The van der Waals surface area contributed by atoms with Gasteiger partial charge < -0.3 is 21.3 Å². The molecular formula is C13H24N6. The van der Waals surface area contributed by atoms with Crippen molar-refractivity contribution in [3.8, 4) is 0 Å². The molecule has 1 aromatic rings. The van der Waals surface area contributed by atoms with Gasteiger partial charge in [-0.3, -0.25) is 0 Å². The van der Waals surface area contributed by atoms with E-state index < -0.39 is 0 Å². The van der Waals surface area contributed by atoms with Gasteiger partial charge in [-0.05, 0) is 34.2 Å². The van der Waals surface area contributed by atoms with E-state index >= 15 is 0 Å². The molecule has 19 heavy (non-hydrogen) atoms. The number of nitrogen functional groups attached to an aromatic ring is 1. The molecule has 0 aromatic carbocycles. The molecule has 0 bridgehead atoms. The maximum Gasteiger partial charge on any atom is 0.223 e. The highest BCUT2D eigenvalue weighted by atomic mass is 15.3. The predicted octanol–water partition coefficient (Wildman–Crippen LogP) is 1.07. The summed E-state index contributed by atoms with van der Waals surface area (Å²) in [6, 6.07) is 2.50. The number of hydrogen-bond donors (Lipinski definition) is 3. The van der Waals surface area contributed by atoms with E-state index in [1.807, 2.05) is 13.1 Å². The highest BCUT2D eigenvalue weighted by Gasteiger charge is 2.23. The van der Waals surface area contributed by atoms with Crippen LogP contribution in [0.15, 0.2) is 6.07 Å². The van der Waals surface area contributed by atoms with Crippen LogP contribution in [0.25, 0.3) is 0 Å². The Morgan fingerprint density at radius 2 is 2.11 bits per heavy atom. The lowest BCUT2D eigenvalue weighted by atomic mass is 10.1. The van der Waals surface area contributed by atoms with Crippen molar-refractivity contribution in [2.75, 3.05) is 36.1 Å². The summed E-state index contributed by atoms with van der Waals surface area (Å²) in [7, 11) is 2.00. The highest BCUT2D eigenvalue weighted by molar-refractivity contribution is 5.54. The number of nitrogens with zero attached hydrogens (tertiary/aromatic N) is 3. The molecule has 0 spiro atoms. The van der Waals surface area contributed by atoms with Crippen LogP contribution in [0, 0.1) is 0 Å². The summed E-state index contributed by atoms with van der Waals surface area (Å²) in [6.07, 6.45) is 1.13. The topological polar surface area (TPSA) is 79.1 Å². The predicted molar refractivity (Wildman–Crippen MR) is 79.5 cm³/mol. The number of hydrogen-bond acceptors (Lipinski definition) is 6. The minimum atomic E-state index is -0.0451. The zero-order valence-electron chi connectivity index (χ0n) is 12.2. The maximum atomic E-state index is 5.81. The highest BCUT2D eigenvalue weighted by Crippen LogP contribution is 2.23. The number of aromatic nitrogens is 2. The van der Waals surface area contributed by atoms with Gasteiger partial charge in [0.05, 0.1) is 0 Å². The molecule has 1 saturated heterocycles. The van der Waals surface area contributed by atoms with Crippen molar-refractivity contribution in [2.45, 2.75) is 38.8 Å². The molecule has 1 aliphatic heterocycles. The summed E-state index contributed by atoms with van der Waals surface area (Å²) in [5.74, 6) is 2.00. The van der Waals surface area contributed by atoms with Crippen molar-refractivity contribution >= 4 is 17.6 Å². The van der Waals surface area contributed by atoms with E-state index in [0.717, 1.165) is 31.1 Å². The maximum absolute atomic E-state index is 5.81. The minimum Gasteiger partial charge on any atom is -0.368 e. The fourth-order valence-electron chi connectivity index (χ4n) is 2.27. The van der Waals surface area contributed by atoms with Crippen molar-refractivity contribution in [2.24, 2.45) is 0 Å². The lowest BCUT2D eigenvalue weighted by Crippen LogP contribution is -2.30. The third kappa shape index (κ3) is 3.70. The monoisotopic (exact) mass is 264 g/mol. The number of nitrogens with two attached hydrogens (primary N) is 1. The lowest BCUT2D eigenvalue weighted by molar-refractivity contribution is 0.616. The largest absolute Gasteiger partial charge is 0.368 e. The molecule has 0 radical (unpaired) electrons. The standard InChI is InChI=1S/C13H24N6/c1-13(2,3)18-10-7-11(17-12(14)16-10)19-6-5-9(8-19)15-4/h7,9,15H,5-6,8H2,1-4H3,(H3,14,16,17,18)/t9-/m1/s1. The summed E-state index contributed by atoms with van der Waals surface area (Å²) in [4.78, 5) is 10.8. The molecule has 1 atom stereocenters. The summed E-state index contributed by atoms with van der Waals surface area (Å²) < 4.78 is 0. The van der Waals surface area contributed by atoms with Crippen LogP contribution < -0.4 is 21.3 Å². The number of rotatable bonds is 3. The fourth-order valence-corrected chi connectivity index (χ4v) is 2.27. The van der Waals surface area contributed by atoms with Crippen molar-refractivity contribution in [3.63, 3.8) is 0 Å². The molecule has 0 unspecified atom stereocenters. The second kappa shape index (κ2) is 5.21. The van der Waals surface area contributed by atoms with Crippen molar-refractivity contribution < 1.29 is 0 Å². The zero-order valence-corrected chi connectivity index (χ0v) is 12.2. The van der Waals surface area contributed by atoms with Crippen LogP contribution in [0.2, 0.25) is 0 Å². The average molecular weight is 264 g/mol. The molecule has 1 aromatic heterocycles. The molecular weight excluding hydrogens is 240 g/mol. The Balaban J connectivity index is 2.17. The molecule has 106 valence electrons. The Labute approximate surface area is 114 Å². The van der Waals surface area contributed by atoms with E-state index in [0.29, 0.717) is 12.0 Å². The lowest BCUT2D eigenvalue weighted by Gasteiger charge is -2.23. The molecule has 0 aliphatic carbocycles. The van der Waals surface area contributed by atoms with Crippen molar-refractivity contribution in [1.29, 1.82) is 0 Å². The molecule has 0 amide bonds. The first-order valence-electron chi connectivity index (χ1n) is 6.72. The normalized spacial score (nSPS) is 19.8. The Morgan fingerprint density at radius 1 is 1.37 bits per heavy atom. The van der Waals surface area contributed by atoms with Crippen molar-refractivity contribution in [1.82, 2.24) is 15.3 Å². The van der Waals surface area contributed by atoms with E-state index in [2.05, 4.69) is 46.3 Å². The van der Waals surface area contributed by atoms with Gasteiger partial charge >= 0.3 is 0 Å². The average Bonchev–Trinajstić information content (AvgIpc) is 2.74. The summed E-state index contributed by atoms with van der Waals surface area (Å²) in [5.41, 5.74) is 5.76. The molecule has 6 heteroatoms. The SMILES string of the molecule is CN[C@@H]1CCN(c2cc(NC(C)(C)C)nc(N)n2)C1. The first kappa shape index (κ1) is 13.9. The van der Waals surface area contributed by atoms with Crippen LogP contribution in [0.3, 0.4) is 0 Å². The Bertz CT molecular complexity index is 439. The van der Waals surface area contributed by atoms with Gasteiger partial charge in [0, 0.05) is 30.7 Å². The molecule has 1 aliphatic rings. The van der Waals surface area contributed by atoms with E-state index in [1.165, 1.54) is 0 Å². The first-order valence-corrected chi connectivity index (χ1v) is 6.72. The summed E-state index contributed by atoms with van der Waals surface area (Å²) in [5, 5.41) is 6.64. The van der Waals surface area contributed by atoms with Gasteiger partial charge in [-0.25, -0.2) is 0 Å². The summed E-state index contributed by atoms with van der Waals surface area (Å²) in [6.45, 7) is 8.24. The molecule has 0 saturated carbocycles. The molecule has 1 fully saturated rings. The Hall–Kier alpha value is -1.56. The molecule has 2 heterocycles. The van der Waals surface area contributed by atoms with Crippen LogP contribution in [0.4, 0.5) is 17.6 Å². The Morgan fingerprint density at radius 3 is 2.68 bits per heavy atom. The molecule has 4 N–H and O–H groups in total.